The van der Waals surface area contributed by atoms with Gasteiger partial charge in [0.25, 0.3) is 11.6 Å². The fourth-order valence-electron chi connectivity index (χ4n) is 1.85. The van der Waals surface area contributed by atoms with Crippen molar-refractivity contribution in [2.45, 2.75) is 0 Å². The topological polar surface area (TPSA) is 139 Å². The van der Waals surface area contributed by atoms with E-state index in [1.165, 1.54) is 7.05 Å². The average Bonchev–Trinajstić information content (AvgIpc) is 2.60. The monoisotopic (exact) mass is 266 g/mol. The minimum atomic E-state index is -0.837. The normalized spacial score (nSPS) is 15.7. The molecule has 0 saturated carbocycles. The van der Waals surface area contributed by atoms with E-state index in [9.17, 15) is 25.0 Å². The van der Waals surface area contributed by atoms with Crippen LogP contribution in [0, 0.1) is 20.2 Å². The number of nitro benzene ring substituents is 2. The lowest BCUT2D eigenvalue weighted by Crippen LogP contribution is -2.25. The Morgan fingerprint density at radius 3 is 2.37 bits per heavy atom. The minimum Gasteiger partial charge on any atom is -0.410 e. The first-order valence-electron chi connectivity index (χ1n) is 4.85. The molecule has 1 aromatic rings. The Morgan fingerprint density at radius 1 is 1.26 bits per heavy atom. The standard InChI is InChI=1S/C9H6N4O6/c1-11-8-5(7(10-15)9(11)14)2-4(12(16)17)3-6(8)13(18)19/h2-3,15H,1H3. The van der Waals surface area contributed by atoms with E-state index < -0.39 is 32.8 Å². The summed E-state index contributed by atoms with van der Waals surface area (Å²) in [6, 6.07) is 1.71. The van der Waals surface area contributed by atoms with Gasteiger partial charge < -0.3 is 10.1 Å². The molecule has 0 spiro atoms. The van der Waals surface area contributed by atoms with Gasteiger partial charge in [-0.15, -0.1) is 0 Å². The van der Waals surface area contributed by atoms with Crippen LogP contribution in [0.3, 0.4) is 0 Å². The number of hydrogen-bond acceptors (Lipinski definition) is 7. The van der Waals surface area contributed by atoms with Crippen molar-refractivity contribution in [3.8, 4) is 0 Å². The summed E-state index contributed by atoms with van der Waals surface area (Å²) < 4.78 is 0. The zero-order valence-electron chi connectivity index (χ0n) is 9.43. The van der Waals surface area contributed by atoms with Gasteiger partial charge >= 0.3 is 5.69 Å². The third-order valence-electron chi connectivity index (χ3n) is 2.68. The van der Waals surface area contributed by atoms with Crippen LogP contribution in [0.5, 0.6) is 0 Å². The molecule has 0 saturated heterocycles. The average molecular weight is 266 g/mol. The van der Waals surface area contributed by atoms with Crippen LogP contribution in [0.15, 0.2) is 17.3 Å². The number of non-ortho nitro benzene ring substituents is 1. The maximum Gasteiger partial charge on any atom is 0.300 e. The largest absolute Gasteiger partial charge is 0.410 e. The maximum absolute atomic E-state index is 11.7. The van der Waals surface area contributed by atoms with Gasteiger partial charge in [0, 0.05) is 18.7 Å². The molecule has 0 radical (unpaired) electrons. The zero-order valence-corrected chi connectivity index (χ0v) is 9.43. The van der Waals surface area contributed by atoms with E-state index in [1.807, 2.05) is 0 Å². The second kappa shape index (κ2) is 4.01. The molecule has 1 amide bonds. The van der Waals surface area contributed by atoms with E-state index in [0.717, 1.165) is 17.0 Å². The van der Waals surface area contributed by atoms with Crippen LogP contribution >= 0.6 is 0 Å². The number of carbonyl (C=O) groups excluding carboxylic acids is 1. The molecule has 10 nitrogen and oxygen atoms in total. The van der Waals surface area contributed by atoms with Gasteiger partial charge in [0.05, 0.1) is 15.9 Å². The van der Waals surface area contributed by atoms with Crippen LogP contribution in [-0.2, 0) is 4.79 Å². The van der Waals surface area contributed by atoms with Gasteiger partial charge in [-0.05, 0) is 0 Å². The van der Waals surface area contributed by atoms with E-state index in [4.69, 9.17) is 5.21 Å². The highest BCUT2D eigenvalue weighted by Gasteiger charge is 2.40. The number of oxime groups is 1. The predicted octanol–water partition coefficient (Wildman–Crippen LogP) is 0.658. The highest BCUT2D eigenvalue weighted by atomic mass is 16.6. The Hall–Kier alpha value is -3.04. The van der Waals surface area contributed by atoms with Crippen molar-refractivity contribution in [1.29, 1.82) is 0 Å². The molecule has 0 atom stereocenters. The molecule has 0 bridgehead atoms. The summed E-state index contributed by atoms with van der Waals surface area (Å²) in [7, 11) is 1.25. The number of hydrogen-bond donors (Lipinski definition) is 1. The molecule has 10 heteroatoms. The SMILES string of the molecule is CN1C(=O)C(=NO)c2cc([N+](=O)[O-])cc([N+](=O)[O-])c21. The molecule has 1 aliphatic heterocycles. The summed E-state index contributed by atoms with van der Waals surface area (Å²) in [6.07, 6.45) is 0. The Balaban J connectivity index is 2.84. The molecule has 1 aromatic carbocycles. The molecule has 98 valence electrons. The quantitative estimate of drug-likeness (QED) is 0.473. The Bertz CT molecular complexity index is 652. The predicted molar refractivity (Wildman–Crippen MR) is 61.5 cm³/mol. The van der Waals surface area contributed by atoms with Gasteiger partial charge in [0.2, 0.25) is 0 Å². The fraction of sp³-hybridized carbons (Fsp3) is 0.111. The lowest BCUT2D eigenvalue weighted by atomic mass is 10.1. The van der Waals surface area contributed by atoms with Crippen molar-refractivity contribution in [2.75, 3.05) is 11.9 Å². The molecule has 1 N–H and O–H groups in total. The molecule has 0 aromatic heterocycles. The smallest absolute Gasteiger partial charge is 0.300 e. The summed E-state index contributed by atoms with van der Waals surface area (Å²) in [4.78, 5) is 32.6. The molecular weight excluding hydrogens is 260 g/mol. The van der Waals surface area contributed by atoms with Gasteiger partial charge in [0.15, 0.2) is 5.71 Å². The molecule has 1 aliphatic rings. The number of nitrogens with zero attached hydrogens (tertiary/aromatic N) is 4. The van der Waals surface area contributed by atoms with Crippen molar-refractivity contribution in [3.63, 3.8) is 0 Å². The first-order valence-corrected chi connectivity index (χ1v) is 4.85. The molecule has 2 rings (SSSR count). The maximum atomic E-state index is 11.7. The van der Waals surface area contributed by atoms with Gasteiger partial charge in [0.1, 0.15) is 5.69 Å². The first kappa shape index (κ1) is 12.4. The van der Waals surface area contributed by atoms with Crippen LogP contribution in [0.4, 0.5) is 17.1 Å². The van der Waals surface area contributed by atoms with Gasteiger partial charge in [-0.1, -0.05) is 5.16 Å². The Labute approximate surface area is 104 Å². The zero-order chi connectivity index (χ0) is 14.3. The van der Waals surface area contributed by atoms with Gasteiger partial charge in [-0.3, -0.25) is 25.0 Å². The third-order valence-corrected chi connectivity index (χ3v) is 2.68. The lowest BCUT2D eigenvalue weighted by molar-refractivity contribution is -0.393. The molecule has 0 unspecified atom stereocenters. The van der Waals surface area contributed by atoms with Crippen LogP contribution in [0.2, 0.25) is 0 Å². The van der Waals surface area contributed by atoms with Crippen molar-refractivity contribution in [2.24, 2.45) is 5.16 Å². The molecule has 0 fully saturated rings. The Kier molecular flexibility index (Phi) is 2.62. The van der Waals surface area contributed by atoms with Crippen LogP contribution < -0.4 is 4.90 Å². The summed E-state index contributed by atoms with van der Waals surface area (Å²) in [5.41, 5.74) is -1.90. The number of anilines is 1. The minimum absolute atomic E-state index is 0.131. The van der Waals surface area contributed by atoms with Crippen LogP contribution in [0.25, 0.3) is 0 Å². The highest BCUT2D eigenvalue weighted by Crippen LogP contribution is 2.39. The van der Waals surface area contributed by atoms with E-state index in [0.29, 0.717) is 0 Å². The van der Waals surface area contributed by atoms with E-state index >= 15 is 0 Å². The summed E-state index contributed by atoms with van der Waals surface area (Å²) in [5.74, 6) is -0.777. The van der Waals surface area contributed by atoms with Crippen molar-refractivity contribution < 1.29 is 19.8 Å². The number of rotatable bonds is 2. The molecule has 0 aliphatic carbocycles. The summed E-state index contributed by atoms with van der Waals surface area (Å²) in [5, 5.41) is 33.1. The second-order valence-corrected chi connectivity index (χ2v) is 3.69. The van der Waals surface area contributed by atoms with E-state index in [1.54, 1.807) is 0 Å². The third kappa shape index (κ3) is 1.66. The number of amides is 1. The number of carbonyl (C=O) groups is 1. The van der Waals surface area contributed by atoms with Gasteiger partial charge in [-0.2, -0.15) is 0 Å². The number of fused-ring (bicyclic) bond motifs is 1. The molecule has 1 heterocycles. The van der Waals surface area contributed by atoms with Gasteiger partial charge in [-0.25, -0.2) is 0 Å². The summed E-state index contributed by atoms with van der Waals surface area (Å²) >= 11 is 0. The highest BCUT2D eigenvalue weighted by molar-refractivity contribution is 6.54. The van der Waals surface area contributed by atoms with Crippen molar-refractivity contribution >= 4 is 28.7 Å². The number of benzene rings is 1. The van der Waals surface area contributed by atoms with Crippen molar-refractivity contribution in [1.82, 2.24) is 0 Å². The Morgan fingerprint density at radius 2 is 1.89 bits per heavy atom. The lowest BCUT2D eigenvalue weighted by Gasteiger charge is -2.08. The van der Waals surface area contributed by atoms with E-state index in [-0.39, 0.29) is 11.3 Å². The second-order valence-electron chi connectivity index (χ2n) is 3.69. The van der Waals surface area contributed by atoms with E-state index in [2.05, 4.69) is 5.16 Å². The molecular formula is C9H6N4O6. The van der Waals surface area contributed by atoms with Crippen LogP contribution in [-0.4, -0.2) is 33.7 Å². The number of nitro groups is 2. The summed E-state index contributed by atoms with van der Waals surface area (Å²) in [6.45, 7) is 0. The first-order chi connectivity index (χ1) is 8.88. The number of likely N-dealkylation sites (N-methyl/N-ethyl adjacent to an activating group) is 1. The van der Waals surface area contributed by atoms with Crippen LogP contribution in [0.1, 0.15) is 5.56 Å². The fourth-order valence-corrected chi connectivity index (χ4v) is 1.85. The van der Waals surface area contributed by atoms with Crippen molar-refractivity contribution in [3.05, 3.63) is 37.9 Å². The molecule has 19 heavy (non-hydrogen) atoms.